The SMILES string of the molecule is CC(C)(CO)CNS(=O)(=O)c1cccc(F)c1[N+](=O)[O-]. The molecule has 0 spiro atoms. The zero-order valence-electron chi connectivity index (χ0n) is 11.0. The topological polar surface area (TPSA) is 110 Å². The molecule has 0 aliphatic carbocycles. The highest BCUT2D eigenvalue weighted by Gasteiger charge is 2.30. The maximum Gasteiger partial charge on any atom is 0.324 e. The molecular formula is C11H15FN2O5S. The maximum absolute atomic E-state index is 13.4. The van der Waals surface area contributed by atoms with E-state index < -0.39 is 36.8 Å². The van der Waals surface area contributed by atoms with E-state index in [1.54, 1.807) is 13.8 Å². The first-order valence-corrected chi connectivity index (χ1v) is 7.12. The van der Waals surface area contributed by atoms with Gasteiger partial charge in [0.05, 0.1) is 4.92 Å². The van der Waals surface area contributed by atoms with E-state index in [-0.39, 0.29) is 13.2 Å². The number of para-hydroxylation sites is 1. The monoisotopic (exact) mass is 306 g/mol. The van der Waals surface area contributed by atoms with Gasteiger partial charge in [-0.1, -0.05) is 19.9 Å². The molecule has 0 heterocycles. The molecule has 0 saturated heterocycles. The molecule has 20 heavy (non-hydrogen) atoms. The molecule has 0 radical (unpaired) electrons. The number of nitrogens with zero attached hydrogens (tertiary/aromatic N) is 1. The number of nitrogens with one attached hydrogen (secondary N) is 1. The number of sulfonamides is 1. The van der Waals surface area contributed by atoms with Crippen molar-refractivity contribution in [1.29, 1.82) is 0 Å². The Labute approximate surface area is 115 Å². The molecule has 7 nitrogen and oxygen atoms in total. The van der Waals surface area contributed by atoms with Crippen molar-refractivity contribution in [2.24, 2.45) is 5.41 Å². The minimum Gasteiger partial charge on any atom is -0.396 e. The van der Waals surface area contributed by atoms with E-state index in [4.69, 9.17) is 5.11 Å². The summed E-state index contributed by atoms with van der Waals surface area (Å²) in [6, 6.07) is 2.85. The highest BCUT2D eigenvalue weighted by Crippen LogP contribution is 2.26. The fourth-order valence-electron chi connectivity index (χ4n) is 1.31. The van der Waals surface area contributed by atoms with Gasteiger partial charge in [-0.25, -0.2) is 13.1 Å². The van der Waals surface area contributed by atoms with Crippen LogP contribution >= 0.6 is 0 Å². The van der Waals surface area contributed by atoms with Crippen LogP contribution in [0.2, 0.25) is 0 Å². The summed E-state index contributed by atoms with van der Waals surface area (Å²) >= 11 is 0. The lowest BCUT2D eigenvalue weighted by molar-refractivity contribution is -0.390. The summed E-state index contributed by atoms with van der Waals surface area (Å²) < 4.78 is 39.5. The molecule has 0 bridgehead atoms. The number of aliphatic hydroxyl groups is 1. The Kier molecular flexibility index (Phi) is 4.79. The van der Waals surface area contributed by atoms with E-state index in [2.05, 4.69) is 4.72 Å². The van der Waals surface area contributed by atoms with Gasteiger partial charge in [-0.05, 0) is 12.1 Å². The molecule has 1 aromatic carbocycles. The van der Waals surface area contributed by atoms with Crippen molar-refractivity contribution in [3.05, 3.63) is 34.1 Å². The van der Waals surface area contributed by atoms with Gasteiger partial charge < -0.3 is 5.11 Å². The molecule has 112 valence electrons. The summed E-state index contributed by atoms with van der Waals surface area (Å²) in [4.78, 5) is 8.96. The minimum atomic E-state index is -4.24. The molecule has 2 N–H and O–H groups in total. The molecule has 1 aromatic rings. The third-order valence-corrected chi connectivity index (χ3v) is 4.02. The summed E-state index contributed by atoms with van der Waals surface area (Å²) in [6.45, 7) is 2.80. The van der Waals surface area contributed by atoms with Gasteiger partial charge in [0.1, 0.15) is 0 Å². The van der Waals surface area contributed by atoms with E-state index in [9.17, 15) is 22.9 Å². The summed E-state index contributed by atoms with van der Waals surface area (Å²) in [5.41, 5.74) is -1.84. The van der Waals surface area contributed by atoms with Crippen LogP contribution in [0.1, 0.15) is 13.8 Å². The fraction of sp³-hybridized carbons (Fsp3) is 0.455. The van der Waals surface area contributed by atoms with Gasteiger partial charge in [0.2, 0.25) is 15.8 Å². The molecule has 0 aliphatic heterocycles. The van der Waals surface area contributed by atoms with Crippen LogP contribution in [0.3, 0.4) is 0 Å². The van der Waals surface area contributed by atoms with E-state index >= 15 is 0 Å². The van der Waals surface area contributed by atoms with E-state index in [1.165, 1.54) is 0 Å². The van der Waals surface area contributed by atoms with Crippen molar-refractivity contribution >= 4 is 15.7 Å². The second-order valence-electron chi connectivity index (χ2n) is 4.99. The van der Waals surface area contributed by atoms with Crippen LogP contribution in [0, 0.1) is 21.3 Å². The van der Waals surface area contributed by atoms with E-state index in [0.717, 1.165) is 18.2 Å². The largest absolute Gasteiger partial charge is 0.396 e. The first kappa shape index (κ1) is 16.5. The summed E-state index contributed by atoms with van der Waals surface area (Å²) in [7, 11) is -4.24. The second-order valence-corrected chi connectivity index (χ2v) is 6.73. The lowest BCUT2D eigenvalue weighted by Gasteiger charge is -2.21. The number of benzene rings is 1. The van der Waals surface area contributed by atoms with Gasteiger partial charge in [0.25, 0.3) is 0 Å². The molecule has 0 amide bonds. The first-order valence-electron chi connectivity index (χ1n) is 5.64. The third-order valence-electron chi connectivity index (χ3n) is 2.59. The average Bonchev–Trinajstić information content (AvgIpc) is 2.36. The molecule has 0 aromatic heterocycles. The number of hydrogen-bond donors (Lipinski definition) is 2. The van der Waals surface area contributed by atoms with E-state index in [0.29, 0.717) is 0 Å². The predicted molar refractivity (Wildman–Crippen MR) is 69.1 cm³/mol. The van der Waals surface area contributed by atoms with E-state index in [1.807, 2.05) is 0 Å². The Morgan fingerprint density at radius 2 is 2.05 bits per heavy atom. The van der Waals surface area contributed by atoms with Gasteiger partial charge in [-0.3, -0.25) is 10.1 Å². The van der Waals surface area contributed by atoms with Gasteiger partial charge in [0, 0.05) is 18.6 Å². The standard InChI is InChI=1S/C11H15FN2O5S/c1-11(2,7-15)6-13-20(18,19)9-5-3-4-8(12)10(9)14(16)17/h3-5,13,15H,6-7H2,1-2H3. The highest BCUT2D eigenvalue weighted by atomic mass is 32.2. The van der Waals surface area contributed by atoms with Crippen LogP contribution in [0.15, 0.2) is 23.1 Å². The van der Waals surface area contributed by atoms with Gasteiger partial charge >= 0.3 is 5.69 Å². The Hall–Kier alpha value is -1.58. The van der Waals surface area contributed by atoms with Crippen LogP contribution in [0.4, 0.5) is 10.1 Å². The molecule has 0 fully saturated rings. The molecular weight excluding hydrogens is 291 g/mol. The number of hydrogen-bond acceptors (Lipinski definition) is 5. The smallest absolute Gasteiger partial charge is 0.324 e. The van der Waals surface area contributed by atoms with Gasteiger partial charge in [-0.15, -0.1) is 0 Å². The van der Waals surface area contributed by atoms with Crippen LogP contribution in [-0.4, -0.2) is 31.6 Å². The summed E-state index contributed by atoms with van der Waals surface area (Å²) in [5, 5.41) is 19.8. The molecule has 1 rings (SSSR count). The maximum atomic E-state index is 13.4. The summed E-state index contributed by atoms with van der Waals surface area (Å²) in [5.74, 6) is -1.22. The van der Waals surface area contributed by atoms with Crippen molar-refractivity contribution in [3.8, 4) is 0 Å². The highest BCUT2D eigenvalue weighted by molar-refractivity contribution is 7.89. The molecule has 0 saturated carbocycles. The van der Waals surface area contributed by atoms with Crippen LogP contribution < -0.4 is 4.72 Å². The lowest BCUT2D eigenvalue weighted by atomic mass is 9.96. The van der Waals surface area contributed by atoms with Crippen LogP contribution in [0.25, 0.3) is 0 Å². The molecule has 9 heteroatoms. The Morgan fingerprint density at radius 3 is 2.55 bits per heavy atom. The third kappa shape index (κ3) is 3.71. The zero-order chi connectivity index (χ0) is 15.6. The summed E-state index contributed by atoms with van der Waals surface area (Å²) in [6.07, 6.45) is 0. The average molecular weight is 306 g/mol. The number of rotatable bonds is 6. The Bertz CT molecular complexity index is 615. The van der Waals surface area contributed by atoms with Crippen molar-refractivity contribution in [2.45, 2.75) is 18.7 Å². The van der Waals surface area contributed by atoms with Crippen molar-refractivity contribution in [2.75, 3.05) is 13.2 Å². The number of nitro benzene ring substituents is 1. The Balaban J connectivity index is 3.17. The number of aliphatic hydroxyl groups excluding tert-OH is 1. The zero-order valence-corrected chi connectivity index (χ0v) is 11.8. The first-order chi connectivity index (χ1) is 9.10. The van der Waals surface area contributed by atoms with Crippen molar-refractivity contribution in [3.63, 3.8) is 0 Å². The fourth-order valence-corrected chi connectivity index (χ4v) is 2.73. The number of nitro groups is 1. The second kappa shape index (κ2) is 5.81. The Morgan fingerprint density at radius 1 is 1.45 bits per heavy atom. The lowest BCUT2D eigenvalue weighted by Crippen LogP contribution is -2.36. The molecule has 0 unspecified atom stereocenters. The quantitative estimate of drug-likeness (QED) is 0.602. The predicted octanol–water partition coefficient (Wildman–Crippen LogP) is 1.03. The van der Waals surface area contributed by atoms with Crippen molar-refractivity contribution < 1.29 is 22.8 Å². The number of halogens is 1. The van der Waals surface area contributed by atoms with Crippen LogP contribution in [-0.2, 0) is 10.0 Å². The normalized spacial score (nSPS) is 12.4. The van der Waals surface area contributed by atoms with Gasteiger partial charge in [-0.2, -0.15) is 4.39 Å². The van der Waals surface area contributed by atoms with Gasteiger partial charge in [0.15, 0.2) is 4.90 Å². The minimum absolute atomic E-state index is 0.139. The molecule has 0 atom stereocenters. The van der Waals surface area contributed by atoms with Crippen LogP contribution in [0.5, 0.6) is 0 Å². The molecule has 0 aliphatic rings. The van der Waals surface area contributed by atoms with Crippen molar-refractivity contribution in [1.82, 2.24) is 4.72 Å².